The summed E-state index contributed by atoms with van der Waals surface area (Å²) >= 11 is 1.83. The van der Waals surface area contributed by atoms with Crippen molar-refractivity contribution in [2.75, 3.05) is 91.5 Å². The van der Waals surface area contributed by atoms with Gasteiger partial charge in [0.25, 0.3) is 0 Å². The molecule has 1 unspecified atom stereocenters. The number of thioether (sulfide) groups is 1. The highest BCUT2D eigenvalue weighted by atomic mass is 32.2. The zero-order valence-electron chi connectivity index (χ0n) is 27.2. The minimum absolute atomic E-state index is 0.0178. The summed E-state index contributed by atoms with van der Waals surface area (Å²) in [6.07, 6.45) is 3.08. The number of pyridine rings is 2. The van der Waals surface area contributed by atoms with Crippen LogP contribution < -0.4 is 5.73 Å². The van der Waals surface area contributed by atoms with E-state index < -0.39 is 11.9 Å². The smallest absolute Gasteiger partial charge is 0.356 e. The van der Waals surface area contributed by atoms with Crippen LogP contribution in [0.3, 0.4) is 0 Å². The quantitative estimate of drug-likeness (QED) is 0.0978. The van der Waals surface area contributed by atoms with Gasteiger partial charge in [-0.05, 0) is 49.4 Å². The molecule has 0 saturated heterocycles. The molecule has 0 aliphatic carbocycles. The highest BCUT2D eigenvalue weighted by Crippen LogP contribution is 2.12. The van der Waals surface area contributed by atoms with Crippen molar-refractivity contribution < 1.29 is 38.7 Å². The molecule has 14 heteroatoms. The largest absolute Gasteiger partial charge is 0.464 e. The van der Waals surface area contributed by atoms with Crippen molar-refractivity contribution in [3.63, 3.8) is 0 Å². The van der Waals surface area contributed by atoms with Gasteiger partial charge in [-0.1, -0.05) is 18.6 Å². The van der Waals surface area contributed by atoms with Crippen LogP contribution in [-0.4, -0.2) is 140 Å². The number of methoxy groups -OCH3 is 2. The summed E-state index contributed by atoms with van der Waals surface area (Å²) in [6.45, 7) is 4.81. The monoisotopic (exact) mass is 665 g/mol. The Labute approximate surface area is 276 Å². The molecule has 2 aromatic heterocycles. The third-order valence-corrected chi connectivity index (χ3v) is 8.10. The van der Waals surface area contributed by atoms with Crippen molar-refractivity contribution in [1.82, 2.24) is 19.8 Å². The molecule has 0 amide bonds. The van der Waals surface area contributed by atoms with E-state index in [9.17, 15) is 19.8 Å². The number of carbonyl (C=O) groups excluding carboxylic acids is 2. The van der Waals surface area contributed by atoms with Crippen LogP contribution in [0.4, 0.5) is 0 Å². The third kappa shape index (κ3) is 16.2. The Hall–Kier alpha value is -2.69. The molecule has 0 spiro atoms. The SMILES string of the molecule is COC(=O)c1cccc(CN(CCO)CCOCC(CSCCCCCN)OCCN(CCO)Cc2cccc(C(=O)OC)n2)n1. The van der Waals surface area contributed by atoms with E-state index in [0.717, 1.165) is 30.8 Å². The van der Waals surface area contributed by atoms with E-state index in [0.29, 0.717) is 77.0 Å². The number of hydrogen-bond donors (Lipinski definition) is 3. The first kappa shape index (κ1) is 39.5. The van der Waals surface area contributed by atoms with Crippen LogP contribution in [-0.2, 0) is 32.0 Å². The lowest BCUT2D eigenvalue weighted by Crippen LogP contribution is -2.34. The highest BCUT2D eigenvalue weighted by molar-refractivity contribution is 7.99. The molecule has 2 rings (SSSR count). The number of hydrogen-bond acceptors (Lipinski definition) is 14. The second kappa shape index (κ2) is 24.5. The van der Waals surface area contributed by atoms with Crippen LogP contribution in [0.2, 0.25) is 0 Å². The number of aliphatic hydroxyl groups excluding tert-OH is 2. The molecule has 258 valence electrons. The number of nitrogens with two attached hydrogens (primary N) is 1. The first-order valence-corrected chi connectivity index (χ1v) is 16.8. The normalized spacial score (nSPS) is 12.1. The Bertz CT molecular complexity index is 1130. The first-order valence-electron chi connectivity index (χ1n) is 15.7. The minimum Gasteiger partial charge on any atom is -0.464 e. The standard InChI is InChI=1S/C32H51N5O8S/c1-42-31(40)29-10-6-8-26(34-29)22-36(13-17-38)15-19-44-24-28(25-46-21-5-3-4-12-33)45-20-16-37(14-18-39)23-27-9-7-11-30(35-27)32(41)43-2/h6-11,28,38-39H,3-5,12-25,33H2,1-2H3. The fraction of sp³-hybridized carbons (Fsp3) is 0.625. The molecule has 2 heterocycles. The van der Waals surface area contributed by atoms with Gasteiger partial charge in [-0.15, -0.1) is 0 Å². The molecular formula is C32H51N5O8S. The molecule has 46 heavy (non-hydrogen) atoms. The second-order valence-electron chi connectivity index (χ2n) is 10.5. The summed E-state index contributed by atoms with van der Waals surface area (Å²) in [4.78, 5) is 36.5. The van der Waals surface area contributed by atoms with Gasteiger partial charge in [-0.25, -0.2) is 19.6 Å². The van der Waals surface area contributed by atoms with Gasteiger partial charge in [-0.2, -0.15) is 11.8 Å². The van der Waals surface area contributed by atoms with E-state index in [1.54, 1.807) is 24.3 Å². The Morgan fingerprint density at radius 2 is 1.39 bits per heavy atom. The molecule has 1 atom stereocenters. The van der Waals surface area contributed by atoms with Gasteiger partial charge in [0.05, 0.1) is 64.7 Å². The fourth-order valence-corrected chi connectivity index (χ4v) is 5.52. The third-order valence-electron chi connectivity index (χ3n) is 6.92. The lowest BCUT2D eigenvalue weighted by molar-refractivity contribution is -0.0175. The Kier molecular flexibility index (Phi) is 21.0. The first-order chi connectivity index (χ1) is 22.4. The number of nitrogens with zero attached hydrogens (tertiary/aromatic N) is 4. The van der Waals surface area contributed by atoms with Crippen molar-refractivity contribution in [3.8, 4) is 0 Å². The zero-order chi connectivity index (χ0) is 33.4. The van der Waals surface area contributed by atoms with Crippen molar-refractivity contribution in [3.05, 3.63) is 59.2 Å². The molecule has 0 fully saturated rings. The van der Waals surface area contributed by atoms with E-state index in [-0.39, 0.29) is 30.7 Å². The number of carbonyl (C=O) groups is 2. The fourth-order valence-electron chi connectivity index (χ4n) is 4.49. The molecule has 0 bridgehead atoms. The van der Waals surface area contributed by atoms with Gasteiger partial charge >= 0.3 is 11.9 Å². The van der Waals surface area contributed by atoms with Crippen LogP contribution in [0.15, 0.2) is 36.4 Å². The van der Waals surface area contributed by atoms with Gasteiger partial charge in [0.2, 0.25) is 0 Å². The topological polar surface area (TPSA) is 170 Å². The van der Waals surface area contributed by atoms with Crippen LogP contribution >= 0.6 is 11.8 Å². The van der Waals surface area contributed by atoms with E-state index in [4.69, 9.17) is 24.7 Å². The van der Waals surface area contributed by atoms with Crippen LogP contribution in [0.25, 0.3) is 0 Å². The highest BCUT2D eigenvalue weighted by Gasteiger charge is 2.15. The Balaban J connectivity index is 1.90. The lowest BCUT2D eigenvalue weighted by atomic mass is 10.2. The van der Waals surface area contributed by atoms with Crippen molar-refractivity contribution in [1.29, 1.82) is 0 Å². The molecule has 0 radical (unpaired) electrons. The summed E-state index contributed by atoms with van der Waals surface area (Å²) in [7, 11) is 2.64. The molecule has 13 nitrogen and oxygen atoms in total. The summed E-state index contributed by atoms with van der Waals surface area (Å²) in [5.74, 6) is 0.800. The summed E-state index contributed by atoms with van der Waals surface area (Å²) in [5, 5.41) is 19.2. The van der Waals surface area contributed by atoms with Crippen LogP contribution in [0, 0.1) is 0 Å². The predicted octanol–water partition coefficient (Wildman–Crippen LogP) is 1.60. The molecular weight excluding hydrogens is 614 g/mol. The average molecular weight is 666 g/mol. The number of aliphatic hydroxyl groups is 2. The van der Waals surface area contributed by atoms with E-state index in [2.05, 4.69) is 9.97 Å². The summed E-state index contributed by atoms with van der Waals surface area (Å²) in [5.41, 5.74) is 7.49. The van der Waals surface area contributed by atoms with Gasteiger partial charge in [0, 0.05) is 45.0 Å². The summed E-state index contributed by atoms with van der Waals surface area (Å²) in [6, 6.07) is 10.4. The second-order valence-corrected chi connectivity index (χ2v) is 11.7. The van der Waals surface area contributed by atoms with E-state index in [1.165, 1.54) is 14.2 Å². The number of aromatic nitrogens is 2. The van der Waals surface area contributed by atoms with Gasteiger partial charge in [-0.3, -0.25) is 9.80 Å². The van der Waals surface area contributed by atoms with Crippen molar-refractivity contribution in [2.24, 2.45) is 5.73 Å². The molecule has 0 saturated carbocycles. The predicted molar refractivity (Wildman–Crippen MR) is 177 cm³/mol. The van der Waals surface area contributed by atoms with Crippen LogP contribution in [0.1, 0.15) is 51.6 Å². The molecule has 0 aliphatic heterocycles. The maximum Gasteiger partial charge on any atom is 0.356 e. The number of unbranched alkanes of at least 4 members (excludes halogenated alkanes) is 2. The molecule has 0 aromatic carbocycles. The average Bonchev–Trinajstić information content (AvgIpc) is 3.07. The van der Waals surface area contributed by atoms with Crippen LogP contribution in [0.5, 0.6) is 0 Å². The minimum atomic E-state index is -0.494. The Morgan fingerprint density at radius 1 is 0.826 bits per heavy atom. The van der Waals surface area contributed by atoms with Crippen molar-refractivity contribution in [2.45, 2.75) is 38.5 Å². The number of rotatable bonds is 26. The molecule has 4 N–H and O–H groups in total. The van der Waals surface area contributed by atoms with E-state index >= 15 is 0 Å². The van der Waals surface area contributed by atoms with Gasteiger partial charge < -0.3 is 34.9 Å². The molecule has 2 aromatic rings. The van der Waals surface area contributed by atoms with Crippen molar-refractivity contribution >= 4 is 23.7 Å². The number of ether oxygens (including phenoxy) is 4. The number of esters is 2. The van der Waals surface area contributed by atoms with Gasteiger partial charge in [0.1, 0.15) is 11.4 Å². The Morgan fingerprint density at radius 3 is 1.91 bits per heavy atom. The maximum absolute atomic E-state index is 11.9. The van der Waals surface area contributed by atoms with Gasteiger partial charge in [0.15, 0.2) is 0 Å². The van der Waals surface area contributed by atoms with E-state index in [1.807, 2.05) is 33.7 Å². The zero-order valence-corrected chi connectivity index (χ0v) is 28.0. The molecule has 0 aliphatic rings. The maximum atomic E-state index is 11.9. The summed E-state index contributed by atoms with van der Waals surface area (Å²) < 4.78 is 21.9. The lowest BCUT2D eigenvalue weighted by Gasteiger charge is -2.24.